The maximum Gasteiger partial charge on any atom is 0.248 e. The van der Waals surface area contributed by atoms with Crippen molar-refractivity contribution in [1.82, 2.24) is 10.2 Å². The molecule has 5 heteroatoms. The van der Waals surface area contributed by atoms with Gasteiger partial charge in [-0.25, -0.2) is 0 Å². The quantitative estimate of drug-likeness (QED) is 0.772. The van der Waals surface area contributed by atoms with Crippen LogP contribution in [0.5, 0.6) is 0 Å². The fourth-order valence-corrected chi connectivity index (χ4v) is 3.95. The van der Waals surface area contributed by atoms with Crippen LogP contribution in [0.4, 0.5) is 0 Å². The molecule has 3 aromatic rings. The first-order chi connectivity index (χ1) is 10.8. The topological polar surface area (TPSA) is 68.9 Å². The van der Waals surface area contributed by atoms with E-state index in [0.717, 1.165) is 31.8 Å². The Morgan fingerprint density at radius 2 is 1.96 bits per heavy atom. The normalized spacial score (nSPS) is 11.8. The van der Waals surface area contributed by atoms with Crippen LogP contribution in [0.3, 0.4) is 0 Å². The average Bonchev–Trinajstić information content (AvgIpc) is 2.89. The summed E-state index contributed by atoms with van der Waals surface area (Å²) in [6, 6.07) is 7.66. The molecule has 0 aliphatic rings. The number of hydrogen-bond donors (Lipinski definition) is 1. The van der Waals surface area contributed by atoms with Crippen LogP contribution in [0.25, 0.3) is 20.5 Å². The van der Waals surface area contributed by atoms with E-state index in [1.54, 1.807) is 23.6 Å². The van der Waals surface area contributed by atoms with Gasteiger partial charge >= 0.3 is 0 Å². The molecule has 2 aromatic heterocycles. The molecule has 23 heavy (non-hydrogen) atoms. The van der Waals surface area contributed by atoms with Crippen LogP contribution in [-0.4, -0.2) is 16.1 Å². The molecule has 4 nitrogen and oxygen atoms in total. The summed E-state index contributed by atoms with van der Waals surface area (Å²) in [6.45, 7) is 8.43. The minimum Gasteiger partial charge on any atom is -0.366 e. The van der Waals surface area contributed by atoms with E-state index in [-0.39, 0.29) is 5.41 Å². The number of amides is 1. The summed E-state index contributed by atoms with van der Waals surface area (Å²) >= 11 is 1.68. The first-order valence-electron chi connectivity index (χ1n) is 7.44. The summed E-state index contributed by atoms with van der Waals surface area (Å²) in [5.41, 5.74) is 9.00. The van der Waals surface area contributed by atoms with Gasteiger partial charge in [-0.3, -0.25) is 4.79 Å². The molecule has 1 aromatic carbocycles. The summed E-state index contributed by atoms with van der Waals surface area (Å²) in [6.07, 6.45) is 1.79. The molecular formula is C18H19N3OS. The Hall–Kier alpha value is -2.27. The maximum atomic E-state index is 11.5. The van der Waals surface area contributed by atoms with Crippen molar-refractivity contribution in [3.8, 4) is 10.4 Å². The highest BCUT2D eigenvalue weighted by Gasteiger charge is 2.21. The third kappa shape index (κ3) is 2.84. The van der Waals surface area contributed by atoms with Gasteiger partial charge in [-0.2, -0.15) is 10.2 Å². The zero-order valence-corrected chi connectivity index (χ0v) is 14.5. The van der Waals surface area contributed by atoms with Crippen molar-refractivity contribution in [2.75, 3.05) is 0 Å². The molecule has 0 saturated heterocycles. The van der Waals surface area contributed by atoms with Gasteiger partial charge in [0.15, 0.2) is 0 Å². The SMILES string of the molecule is Cc1ccc(C(N)=O)cc1-c1cc2cnnc(C(C)(C)C)c2s1. The predicted octanol–water partition coefficient (Wildman–Crippen LogP) is 4.06. The zero-order chi connectivity index (χ0) is 16.8. The number of fused-ring (bicyclic) bond motifs is 1. The monoisotopic (exact) mass is 325 g/mol. The second-order valence-electron chi connectivity index (χ2n) is 6.73. The van der Waals surface area contributed by atoms with Crippen LogP contribution in [0.15, 0.2) is 30.5 Å². The standard InChI is InChI=1S/C18H19N3OS/c1-10-5-6-11(17(19)22)7-13(10)14-8-12-9-20-21-16(15(12)23-14)18(2,3)4/h5-9H,1-4H3,(H2,19,22). The molecule has 0 saturated carbocycles. The highest BCUT2D eigenvalue weighted by molar-refractivity contribution is 7.22. The van der Waals surface area contributed by atoms with Gasteiger partial charge in [0.1, 0.15) is 0 Å². The number of nitrogens with two attached hydrogens (primary N) is 1. The number of hydrogen-bond acceptors (Lipinski definition) is 4. The van der Waals surface area contributed by atoms with Crippen LogP contribution in [0, 0.1) is 6.92 Å². The first kappa shape index (κ1) is 15.6. The van der Waals surface area contributed by atoms with Gasteiger partial charge in [0, 0.05) is 21.2 Å². The highest BCUT2D eigenvalue weighted by Crippen LogP contribution is 2.39. The number of rotatable bonds is 2. The molecule has 0 atom stereocenters. The fraction of sp³-hybridized carbons (Fsp3) is 0.278. The van der Waals surface area contributed by atoms with Crippen molar-refractivity contribution in [2.24, 2.45) is 5.73 Å². The molecule has 0 radical (unpaired) electrons. The molecule has 2 heterocycles. The minimum atomic E-state index is -0.411. The molecule has 3 rings (SSSR count). The van der Waals surface area contributed by atoms with E-state index in [2.05, 4.69) is 37.0 Å². The molecule has 118 valence electrons. The molecule has 0 aliphatic heterocycles. The summed E-state index contributed by atoms with van der Waals surface area (Å²) in [4.78, 5) is 12.6. The van der Waals surface area contributed by atoms with Crippen LogP contribution in [0.2, 0.25) is 0 Å². The van der Waals surface area contributed by atoms with Crippen molar-refractivity contribution >= 4 is 27.3 Å². The van der Waals surface area contributed by atoms with Gasteiger partial charge in [-0.15, -0.1) is 11.3 Å². The van der Waals surface area contributed by atoms with Crippen molar-refractivity contribution in [3.05, 3.63) is 47.3 Å². The zero-order valence-electron chi connectivity index (χ0n) is 13.7. The van der Waals surface area contributed by atoms with Crippen molar-refractivity contribution in [2.45, 2.75) is 33.1 Å². The summed E-state index contributed by atoms with van der Waals surface area (Å²) in [7, 11) is 0. The number of aryl methyl sites for hydroxylation is 1. The number of carbonyl (C=O) groups is 1. The van der Waals surface area contributed by atoms with Crippen molar-refractivity contribution in [1.29, 1.82) is 0 Å². The predicted molar refractivity (Wildman–Crippen MR) is 94.8 cm³/mol. The van der Waals surface area contributed by atoms with Gasteiger partial charge in [-0.1, -0.05) is 26.8 Å². The third-order valence-electron chi connectivity index (χ3n) is 3.83. The number of primary amides is 1. The van der Waals surface area contributed by atoms with E-state index < -0.39 is 5.91 Å². The van der Waals surface area contributed by atoms with Crippen LogP contribution < -0.4 is 5.73 Å². The lowest BCUT2D eigenvalue weighted by molar-refractivity contribution is 0.100. The number of benzene rings is 1. The smallest absolute Gasteiger partial charge is 0.248 e. The second-order valence-corrected chi connectivity index (χ2v) is 7.78. The third-order valence-corrected chi connectivity index (χ3v) is 5.02. The van der Waals surface area contributed by atoms with E-state index in [1.807, 2.05) is 19.1 Å². The fourth-order valence-electron chi connectivity index (χ4n) is 2.54. The molecule has 0 spiro atoms. The first-order valence-corrected chi connectivity index (χ1v) is 8.25. The molecule has 0 aliphatic carbocycles. The molecule has 0 fully saturated rings. The van der Waals surface area contributed by atoms with E-state index in [4.69, 9.17) is 5.73 Å². The summed E-state index contributed by atoms with van der Waals surface area (Å²) in [5.74, 6) is -0.411. The highest BCUT2D eigenvalue weighted by atomic mass is 32.1. The van der Waals surface area contributed by atoms with Gasteiger partial charge in [-0.05, 0) is 36.2 Å². The lowest BCUT2D eigenvalue weighted by atomic mass is 9.91. The lowest BCUT2D eigenvalue weighted by Gasteiger charge is -2.17. The minimum absolute atomic E-state index is 0.0707. The molecule has 2 N–H and O–H groups in total. The van der Waals surface area contributed by atoms with Crippen LogP contribution >= 0.6 is 11.3 Å². The van der Waals surface area contributed by atoms with Crippen molar-refractivity contribution < 1.29 is 4.79 Å². The Balaban J connectivity index is 2.23. The van der Waals surface area contributed by atoms with Gasteiger partial charge in [0.05, 0.1) is 16.6 Å². The second kappa shape index (κ2) is 5.42. The van der Waals surface area contributed by atoms with Gasteiger partial charge in [0.2, 0.25) is 5.91 Å². The largest absolute Gasteiger partial charge is 0.366 e. The molecule has 1 amide bonds. The Morgan fingerprint density at radius 3 is 2.61 bits per heavy atom. The molecule has 0 bridgehead atoms. The van der Waals surface area contributed by atoms with Crippen LogP contribution in [0.1, 0.15) is 42.4 Å². The van der Waals surface area contributed by atoms with E-state index in [1.165, 1.54) is 0 Å². The molecule has 0 unspecified atom stereocenters. The molecular weight excluding hydrogens is 306 g/mol. The Labute approximate surface area is 139 Å². The Bertz CT molecular complexity index is 906. The van der Waals surface area contributed by atoms with E-state index >= 15 is 0 Å². The summed E-state index contributed by atoms with van der Waals surface area (Å²) < 4.78 is 1.14. The number of aromatic nitrogens is 2. The van der Waals surface area contributed by atoms with Crippen LogP contribution in [-0.2, 0) is 5.41 Å². The summed E-state index contributed by atoms with van der Waals surface area (Å²) in [5, 5.41) is 9.55. The maximum absolute atomic E-state index is 11.5. The van der Waals surface area contributed by atoms with Gasteiger partial charge in [0.25, 0.3) is 0 Å². The Kier molecular flexibility index (Phi) is 3.68. The lowest BCUT2D eigenvalue weighted by Crippen LogP contribution is -2.14. The van der Waals surface area contributed by atoms with Gasteiger partial charge < -0.3 is 5.73 Å². The number of carbonyl (C=O) groups excluding carboxylic acids is 1. The average molecular weight is 325 g/mol. The Morgan fingerprint density at radius 1 is 1.22 bits per heavy atom. The van der Waals surface area contributed by atoms with Crippen molar-refractivity contribution in [3.63, 3.8) is 0 Å². The van der Waals surface area contributed by atoms with E-state index in [9.17, 15) is 4.79 Å². The number of thiophene rings is 1. The number of nitrogens with zero attached hydrogens (tertiary/aromatic N) is 2. The van der Waals surface area contributed by atoms with E-state index in [0.29, 0.717) is 5.56 Å².